The van der Waals surface area contributed by atoms with Crippen LogP contribution in [0, 0.1) is 5.41 Å². The molecule has 1 aromatic rings. The van der Waals surface area contributed by atoms with Gasteiger partial charge < -0.3 is 4.74 Å². The zero-order valence-corrected chi connectivity index (χ0v) is 13.8. The van der Waals surface area contributed by atoms with Crippen LogP contribution in [0.2, 0.25) is 0 Å². The molecule has 0 bridgehead atoms. The van der Waals surface area contributed by atoms with Crippen molar-refractivity contribution in [3.8, 4) is 5.75 Å². The lowest BCUT2D eigenvalue weighted by Crippen LogP contribution is -2.25. The molecule has 3 heteroatoms. The largest absolute Gasteiger partial charge is 0.497 e. The maximum atomic E-state index is 12.3. The zero-order valence-electron chi connectivity index (χ0n) is 13.8. The third kappa shape index (κ3) is 4.06. The van der Waals surface area contributed by atoms with Crippen molar-refractivity contribution in [1.29, 1.82) is 0 Å². The van der Waals surface area contributed by atoms with Crippen LogP contribution < -0.4 is 4.74 Å². The summed E-state index contributed by atoms with van der Waals surface area (Å²) >= 11 is 0. The standard InChI is InChI=1S/C19H24O3/c1-19(2,3)10-9-16-17(20)11-14(12-18(16)21)13-5-7-15(22-4)8-6-13/h5-9,14H,10-12H2,1-4H3. The van der Waals surface area contributed by atoms with Gasteiger partial charge in [-0.15, -0.1) is 0 Å². The highest BCUT2D eigenvalue weighted by Gasteiger charge is 2.31. The van der Waals surface area contributed by atoms with Crippen LogP contribution in [-0.2, 0) is 9.59 Å². The normalized spacial score (nSPS) is 19.3. The van der Waals surface area contributed by atoms with Gasteiger partial charge >= 0.3 is 0 Å². The first kappa shape index (κ1) is 16.5. The topological polar surface area (TPSA) is 43.4 Å². The van der Waals surface area contributed by atoms with Crippen molar-refractivity contribution in [3.63, 3.8) is 0 Å². The molecule has 2 rings (SSSR count). The first-order chi connectivity index (χ1) is 10.3. The van der Waals surface area contributed by atoms with Crippen molar-refractivity contribution < 1.29 is 14.3 Å². The average Bonchev–Trinajstić information content (AvgIpc) is 2.45. The number of ketones is 2. The summed E-state index contributed by atoms with van der Waals surface area (Å²) in [5, 5.41) is 0. The van der Waals surface area contributed by atoms with E-state index in [0.29, 0.717) is 18.4 Å². The number of carbonyl (C=O) groups excluding carboxylic acids is 2. The summed E-state index contributed by atoms with van der Waals surface area (Å²) in [5.74, 6) is 0.711. The SMILES string of the molecule is COc1ccc(C2CC(=O)C(=CCC(C)(C)C)C(=O)C2)cc1. The van der Waals surface area contributed by atoms with Gasteiger partial charge in [-0.2, -0.15) is 0 Å². The van der Waals surface area contributed by atoms with Gasteiger partial charge in [-0.25, -0.2) is 0 Å². The van der Waals surface area contributed by atoms with Crippen molar-refractivity contribution in [2.75, 3.05) is 7.11 Å². The Balaban J connectivity index is 2.12. The third-order valence-corrected chi connectivity index (χ3v) is 3.97. The third-order valence-electron chi connectivity index (χ3n) is 3.97. The second kappa shape index (κ2) is 6.47. The van der Waals surface area contributed by atoms with E-state index < -0.39 is 0 Å². The molecule has 1 fully saturated rings. The highest BCUT2D eigenvalue weighted by molar-refractivity contribution is 6.22. The summed E-state index contributed by atoms with van der Waals surface area (Å²) in [5.41, 5.74) is 1.51. The lowest BCUT2D eigenvalue weighted by Gasteiger charge is -2.23. The van der Waals surface area contributed by atoms with Crippen LogP contribution in [0.4, 0.5) is 0 Å². The van der Waals surface area contributed by atoms with Crippen LogP contribution in [0.1, 0.15) is 51.5 Å². The summed E-state index contributed by atoms with van der Waals surface area (Å²) in [6, 6.07) is 7.62. The van der Waals surface area contributed by atoms with E-state index in [2.05, 4.69) is 20.8 Å². The molecular weight excluding hydrogens is 276 g/mol. The zero-order chi connectivity index (χ0) is 16.3. The summed E-state index contributed by atoms with van der Waals surface area (Å²) in [7, 11) is 1.62. The van der Waals surface area contributed by atoms with Crippen LogP contribution in [0.15, 0.2) is 35.9 Å². The summed E-state index contributed by atoms with van der Waals surface area (Å²) in [4.78, 5) is 24.6. The number of Topliss-reactive ketones (excluding diaryl/α,β-unsaturated/α-hetero) is 2. The monoisotopic (exact) mass is 300 g/mol. The Hall–Kier alpha value is -1.90. The van der Waals surface area contributed by atoms with E-state index in [1.807, 2.05) is 30.3 Å². The molecule has 0 unspecified atom stereocenters. The molecule has 22 heavy (non-hydrogen) atoms. The molecular formula is C19H24O3. The molecule has 118 valence electrons. The van der Waals surface area contributed by atoms with Gasteiger partial charge in [-0.3, -0.25) is 9.59 Å². The van der Waals surface area contributed by atoms with E-state index in [1.165, 1.54) is 0 Å². The Morgan fingerprint density at radius 3 is 2.09 bits per heavy atom. The number of rotatable bonds is 3. The van der Waals surface area contributed by atoms with Gasteiger partial charge in [0.1, 0.15) is 5.75 Å². The van der Waals surface area contributed by atoms with Crippen molar-refractivity contribution in [2.24, 2.45) is 5.41 Å². The fourth-order valence-electron chi connectivity index (χ4n) is 2.64. The molecule has 1 saturated carbocycles. The number of methoxy groups -OCH3 is 1. The Labute approximate surface area is 132 Å². The predicted octanol–water partition coefficient (Wildman–Crippen LogP) is 4.07. The van der Waals surface area contributed by atoms with Gasteiger partial charge in [0, 0.05) is 12.8 Å². The number of benzene rings is 1. The highest BCUT2D eigenvalue weighted by Crippen LogP contribution is 2.33. The average molecular weight is 300 g/mol. The Kier molecular flexibility index (Phi) is 4.84. The molecule has 0 spiro atoms. The van der Waals surface area contributed by atoms with Gasteiger partial charge in [0.2, 0.25) is 0 Å². The fourth-order valence-corrected chi connectivity index (χ4v) is 2.64. The first-order valence-corrected chi connectivity index (χ1v) is 7.70. The fraction of sp³-hybridized carbons (Fsp3) is 0.474. The maximum absolute atomic E-state index is 12.3. The van der Waals surface area contributed by atoms with Crippen LogP contribution in [0.5, 0.6) is 5.75 Å². The smallest absolute Gasteiger partial charge is 0.166 e. The first-order valence-electron chi connectivity index (χ1n) is 7.70. The molecule has 0 aromatic heterocycles. The van der Waals surface area contributed by atoms with E-state index in [9.17, 15) is 9.59 Å². The van der Waals surface area contributed by atoms with Gasteiger partial charge in [-0.05, 0) is 35.4 Å². The molecule has 0 amide bonds. The van der Waals surface area contributed by atoms with Gasteiger partial charge in [0.25, 0.3) is 0 Å². The molecule has 1 aliphatic carbocycles. The van der Waals surface area contributed by atoms with Crippen molar-refractivity contribution in [2.45, 2.75) is 46.0 Å². The Bertz CT molecular complexity index is 568. The predicted molar refractivity (Wildman–Crippen MR) is 87.1 cm³/mol. The van der Waals surface area contributed by atoms with Gasteiger partial charge in [0.05, 0.1) is 12.7 Å². The van der Waals surface area contributed by atoms with Crippen LogP contribution in [0.3, 0.4) is 0 Å². The van der Waals surface area contributed by atoms with Crippen molar-refractivity contribution in [3.05, 3.63) is 41.5 Å². The van der Waals surface area contributed by atoms with Crippen LogP contribution in [-0.4, -0.2) is 18.7 Å². The lowest BCUT2D eigenvalue weighted by molar-refractivity contribution is -0.124. The minimum Gasteiger partial charge on any atom is -0.497 e. The quantitative estimate of drug-likeness (QED) is 0.624. The number of hydrogen-bond acceptors (Lipinski definition) is 3. The van der Waals surface area contributed by atoms with Crippen LogP contribution >= 0.6 is 0 Å². The number of carbonyl (C=O) groups is 2. The molecule has 3 nitrogen and oxygen atoms in total. The second-order valence-corrected chi connectivity index (χ2v) is 7.11. The van der Waals surface area contributed by atoms with E-state index >= 15 is 0 Å². The van der Waals surface area contributed by atoms with E-state index in [4.69, 9.17) is 4.74 Å². The lowest BCUT2D eigenvalue weighted by atomic mass is 9.79. The molecule has 0 aliphatic heterocycles. The number of hydrogen-bond donors (Lipinski definition) is 0. The Morgan fingerprint density at radius 2 is 1.64 bits per heavy atom. The Morgan fingerprint density at radius 1 is 1.09 bits per heavy atom. The maximum Gasteiger partial charge on any atom is 0.166 e. The molecule has 1 aliphatic rings. The van der Waals surface area contributed by atoms with Gasteiger partial charge in [0.15, 0.2) is 11.6 Å². The van der Waals surface area contributed by atoms with E-state index in [1.54, 1.807) is 7.11 Å². The summed E-state index contributed by atoms with van der Waals surface area (Å²) < 4.78 is 5.14. The highest BCUT2D eigenvalue weighted by atomic mass is 16.5. The molecule has 0 radical (unpaired) electrons. The molecule has 0 N–H and O–H groups in total. The van der Waals surface area contributed by atoms with Crippen LogP contribution in [0.25, 0.3) is 0 Å². The molecule has 0 heterocycles. The van der Waals surface area contributed by atoms with Crippen molar-refractivity contribution >= 4 is 11.6 Å². The summed E-state index contributed by atoms with van der Waals surface area (Å²) in [6.45, 7) is 6.30. The molecule has 0 saturated heterocycles. The van der Waals surface area contributed by atoms with E-state index in [0.717, 1.165) is 17.7 Å². The van der Waals surface area contributed by atoms with E-state index in [-0.39, 0.29) is 22.9 Å². The molecule has 0 atom stereocenters. The minimum atomic E-state index is -0.0266. The second-order valence-electron chi connectivity index (χ2n) is 7.11. The van der Waals surface area contributed by atoms with Crippen molar-refractivity contribution in [1.82, 2.24) is 0 Å². The van der Waals surface area contributed by atoms with Gasteiger partial charge in [-0.1, -0.05) is 39.0 Å². The number of allylic oxidation sites excluding steroid dienone is 2. The minimum absolute atomic E-state index is 0.0160. The molecule has 1 aromatic carbocycles. The number of ether oxygens (including phenoxy) is 1. The summed E-state index contributed by atoms with van der Waals surface area (Å²) in [6.07, 6.45) is 3.39.